The topological polar surface area (TPSA) is 77.8 Å². The molecule has 0 saturated heterocycles. The van der Waals surface area contributed by atoms with Crippen LogP contribution in [-0.2, 0) is 54.3 Å². The van der Waals surface area contributed by atoms with Gasteiger partial charge in [0.1, 0.15) is 0 Å². The molecule has 0 fully saturated rings. The van der Waals surface area contributed by atoms with E-state index in [2.05, 4.69) is 0 Å². The predicted octanol–water partition coefficient (Wildman–Crippen LogP) is -3.82. The quantitative estimate of drug-likeness (QED) is 0.304. The van der Waals surface area contributed by atoms with Crippen molar-refractivity contribution in [2.45, 2.75) is 0 Å². The van der Waals surface area contributed by atoms with Crippen LogP contribution in [0.3, 0.4) is 0 Å². The van der Waals surface area contributed by atoms with Crippen molar-refractivity contribution in [3.63, 3.8) is 0 Å². The number of phosphoric acid groups is 1. The van der Waals surface area contributed by atoms with Crippen molar-refractivity contribution < 1.29 is 89.3 Å². The molecule has 0 amide bonds. The Bertz CT molecular complexity index is 66.7. The molecule has 0 saturated carbocycles. The van der Waals surface area contributed by atoms with Crippen molar-refractivity contribution in [2.24, 2.45) is 0 Å². The second kappa shape index (κ2) is 9.33. The molecular formula is H4FeLiO4PY. The minimum absolute atomic E-state index is 0. The summed E-state index contributed by atoms with van der Waals surface area (Å²) in [6, 6.07) is 0. The molecule has 0 aliphatic heterocycles. The van der Waals surface area contributed by atoms with Crippen molar-refractivity contribution in [3.05, 3.63) is 0 Å². The second-order valence-corrected chi connectivity index (χ2v) is 1.54. The maximum absolute atomic E-state index is 8.88. The van der Waals surface area contributed by atoms with E-state index in [9.17, 15) is 0 Å². The summed E-state index contributed by atoms with van der Waals surface area (Å²) in [5.74, 6) is 0. The molecule has 45 valence electrons. The molecule has 0 heterocycles. The first-order valence-electron chi connectivity index (χ1n) is 0.783. The molecule has 0 rings (SSSR count). The van der Waals surface area contributed by atoms with Crippen LogP contribution in [0.15, 0.2) is 0 Å². The van der Waals surface area contributed by atoms with Crippen molar-refractivity contribution in [1.29, 1.82) is 0 Å². The van der Waals surface area contributed by atoms with Crippen LogP contribution < -0.4 is 18.9 Å². The standard InChI is InChI=1S/Fe.Li.H3O4P.Y.H/c;;1-5(2,3)4;;/h;;(H3,1,2,3,4);;/q;+1;;;-1. The summed E-state index contributed by atoms with van der Waals surface area (Å²) in [6.07, 6.45) is 0. The van der Waals surface area contributed by atoms with Gasteiger partial charge in [0.2, 0.25) is 0 Å². The van der Waals surface area contributed by atoms with E-state index >= 15 is 0 Å². The Hall–Kier alpha value is 2.33. The fourth-order valence-electron chi connectivity index (χ4n) is 0. The van der Waals surface area contributed by atoms with E-state index < -0.39 is 7.82 Å². The fourth-order valence-corrected chi connectivity index (χ4v) is 0. The van der Waals surface area contributed by atoms with Crippen molar-refractivity contribution in [3.8, 4) is 0 Å². The van der Waals surface area contributed by atoms with Gasteiger partial charge in [-0.1, -0.05) is 0 Å². The van der Waals surface area contributed by atoms with Crippen LogP contribution in [0.5, 0.6) is 0 Å². The Balaban J connectivity index is -0.0000000133. The van der Waals surface area contributed by atoms with Crippen LogP contribution in [0.1, 0.15) is 1.43 Å². The van der Waals surface area contributed by atoms with Gasteiger partial charge in [-0.05, 0) is 0 Å². The van der Waals surface area contributed by atoms with Gasteiger partial charge in [-0.15, -0.1) is 0 Å². The van der Waals surface area contributed by atoms with E-state index in [1.807, 2.05) is 0 Å². The molecule has 0 aliphatic rings. The number of hydrogen-bond donors (Lipinski definition) is 3. The first-order valence-corrected chi connectivity index (χ1v) is 2.35. The van der Waals surface area contributed by atoms with Gasteiger partial charge in [0.15, 0.2) is 0 Å². The van der Waals surface area contributed by atoms with E-state index in [1.54, 1.807) is 0 Å². The molecule has 0 spiro atoms. The van der Waals surface area contributed by atoms with Gasteiger partial charge in [-0.3, -0.25) is 0 Å². The summed E-state index contributed by atoms with van der Waals surface area (Å²) in [6.45, 7) is 0. The SMILES string of the molecule is O=P(O)(O)O.[Fe].[H-].[Li+].[Y]. The summed E-state index contributed by atoms with van der Waals surface area (Å²) in [5.41, 5.74) is 0. The Kier molecular flexibility index (Phi) is 26.2. The zero-order valence-electron chi connectivity index (χ0n) is 5.13. The third-order valence-corrected chi connectivity index (χ3v) is 0. The molecule has 1 radical (unpaired) electrons. The molecule has 0 aromatic carbocycles. The first kappa shape index (κ1) is 22.4. The third-order valence-electron chi connectivity index (χ3n) is 0. The number of hydrogen-bond acceptors (Lipinski definition) is 1. The molecule has 4 nitrogen and oxygen atoms in total. The second-order valence-electron chi connectivity index (χ2n) is 0.513. The molecule has 0 aliphatic carbocycles. The van der Waals surface area contributed by atoms with Gasteiger partial charge < -0.3 is 16.1 Å². The van der Waals surface area contributed by atoms with Crippen molar-refractivity contribution >= 4 is 7.82 Å². The Labute approximate surface area is 96.1 Å². The van der Waals surface area contributed by atoms with E-state index in [4.69, 9.17) is 19.2 Å². The van der Waals surface area contributed by atoms with Crippen LogP contribution >= 0.6 is 7.82 Å². The van der Waals surface area contributed by atoms with E-state index in [1.165, 1.54) is 0 Å². The largest absolute Gasteiger partial charge is 1.00 e. The Morgan fingerprint density at radius 1 is 1.25 bits per heavy atom. The molecule has 0 bridgehead atoms. The van der Waals surface area contributed by atoms with Crippen LogP contribution in [0, 0.1) is 0 Å². The maximum Gasteiger partial charge on any atom is 1.00 e. The average molecular weight is 251 g/mol. The predicted molar refractivity (Wildman–Crippen MR) is 15.4 cm³/mol. The van der Waals surface area contributed by atoms with E-state index in [0.717, 1.165) is 0 Å². The van der Waals surface area contributed by atoms with Crippen LogP contribution in [0.4, 0.5) is 0 Å². The smallest absolute Gasteiger partial charge is 1.00 e. The monoisotopic (exact) mass is 251 g/mol. The summed E-state index contributed by atoms with van der Waals surface area (Å²) < 4.78 is 8.88. The molecule has 0 atom stereocenters. The van der Waals surface area contributed by atoms with Crippen LogP contribution in [-0.4, -0.2) is 14.7 Å². The molecule has 8 heteroatoms. The molecular weight excluding hydrogens is 247 g/mol. The summed E-state index contributed by atoms with van der Waals surface area (Å²) in [7, 11) is -4.64. The normalized spacial score (nSPS) is 7.38. The van der Waals surface area contributed by atoms with Gasteiger partial charge in [0.25, 0.3) is 0 Å². The zero-order valence-corrected chi connectivity index (χ0v) is 8.96. The molecule has 8 heavy (non-hydrogen) atoms. The average Bonchev–Trinajstić information content (AvgIpc) is 0.722. The van der Waals surface area contributed by atoms with Crippen molar-refractivity contribution in [1.82, 2.24) is 0 Å². The minimum atomic E-state index is -4.64. The Morgan fingerprint density at radius 2 is 1.25 bits per heavy atom. The fraction of sp³-hybridized carbons (Fsp3) is 0. The first-order chi connectivity index (χ1) is 2.00. The van der Waals surface area contributed by atoms with E-state index in [-0.39, 0.29) is 70.1 Å². The maximum atomic E-state index is 8.88. The molecule has 0 unspecified atom stereocenters. The zero-order chi connectivity index (χ0) is 4.50. The molecule has 0 aromatic rings. The van der Waals surface area contributed by atoms with Gasteiger partial charge >= 0.3 is 26.7 Å². The van der Waals surface area contributed by atoms with Crippen molar-refractivity contribution in [2.75, 3.05) is 0 Å². The Morgan fingerprint density at radius 3 is 1.25 bits per heavy atom. The summed E-state index contributed by atoms with van der Waals surface area (Å²) >= 11 is 0. The summed E-state index contributed by atoms with van der Waals surface area (Å²) in [5, 5.41) is 0. The summed E-state index contributed by atoms with van der Waals surface area (Å²) in [4.78, 5) is 21.6. The van der Waals surface area contributed by atoms with E-state index in [0.29, 0.717) is 0 Å². The van der Waals surface area contributed by atoms with Gasteiger partial charge in [-0.25, -0.2) is 4.57 Å². The molecule has 0 aromatic heterocycles. The van der Waals surface area contributed by atoms with Gasteiger partial charge in [0.05, 0.1) is 0 Å². The minimum Gasteiger partial charge on any atom is -1.00 e. The van der Waals surface area contributed by atoms with Crippen LogP contribution in [0.2, 0.25) is 0 Å². The van der Waals surface area contributed by atoms with Gasteiger partial charge in [0, 0.05) is 49.8 Å². The van der Waals surface area contributed by atoms with Gasteiger partial charge in [-0.2, -0.15) is 0 Å². The van der Waals surface area contributed by atoms with Crippen LogP contribution in [0.25, 0.3) is 0 Å². The number of rotatable bonds is 0. The third kappa shape index (κ3) is 82.4. The molecule has 3 N–H and O–H groups in total.